The Labute approximate surface area is 109 Å². The summed E-state index contributed by atoms with van der Waals surface area (Å²) in [5.74, 6) is 4.17. The first-order valence-electron chi connectivity index (χ1n) is 8.25. The van der Waals surface area contributed by atoms with Crippen molar-refractivity contribution >= 4 is 0 Å². The van der Waals surface area contributed by atoms with Crippen LogP contribution >= 0.6 is 0 Å². The molecule has 2 rings (SSSR count). The van der Waals surface area contributed by atoms with Gasteiger partial charge in [0.2, 0.25) is 0 Å². The Morgan fingerprint density at radius 3 is 2.00 bits per heavy atom. The van der Waals surface area contributed by atoms with E-state index in [1.807, 2.05) is 0 Å². The molecule has 0 saturated heterocycles. The summed E-state index contributed by atoms with van der Waals surface area (Å²) < 4.78 is 0. The molecule has 0 aromatic heterocycles. The van der Waals surface area contributed by atoms with Crippen molar-refractivity contribution in [3.8, 4) is 0 Å². The van der Waals surface area contributed by atoms with Crippen molar-refractivity contribution in [1.29, 1.82) is 0 Å². The van der Waals surface area contributed by atoms with Gasteiger partial charge in [-0.3, -0.25) is 0 Å². The van der Waals surface area contributed by atoms with E-state index < -0.39 is 0 Å². The molecule has 0 aromatic rings. The van der Waals surface area contributed by atoms with E-state index in [1.165, 1.54) is 44.9 Å². The van der Waals surface area contributed by atoms with E-state index in [-0.39, 0.29) is 0 Å². The fourth-order valence-electron chi connectivity index (χ4n) is 4.36. The average molecular weight is 236 g/mol. The van der Waals surface area contributed by atoms with Gasteiger partial charge in [0.1, 0.15) is 0 Å². The molecule has 0 heteroatoms. The lowest BCUT2D eigenvalue weighted by Crippen LogP contribution is -2.24. The summed E-state index contributed by atoms with van der Waals surface area (Å²) in [4.78, 5) is 0. The van der Waals surface area contributed by atoms with Gasteiger partial charge in [-0.15, -0.1) is 0 Å². The molecule has 17 heavy (non-hydrogen) atoms. The predicted octanol–water partition coefficient (Wildman–Crippen LogP) is 5.81. The van der Waals surface area contributed by atoms with Gasteiger partial charge in [-0.25, -0.2) is 0 Å². The monoisotopic (exact) mass is 236 g/mol. The van der Waals surface area contributed by atoms with Crippen LogP contribution in [0.3, 0.4) is 0 Å². The molecule has 100 valence electrons. The quantitative estimate of drug-likeness (QED) is 0.578. The molecule has 2 aliphatic rings. The minimum Gasteiger partial charge on any atom is -0.0628 e. The highest BCUT2D eigenvalue weighted by Crippen LogP contribution is 2.40. The lowest BCUT2D eigenvalue weighted by Gasteiger charge is -2.36. The van der Waals surface area contributed by atoms with Crippen molar-refractivity contribution in [1.82, 2.24) is 0 Å². The highest BCUT2D eigenvalue weighted by atomic mass is 14.3. The molecule has 2 atom stereocenters. The van der Waals surface area contributed by atoms with Gasteiger partial charge in [-0.05, 0) is 36.5 Å². The van der Waals surface area contributed by atoms with E-state index >= 15 is 0 Å². The van der Waals surface area contributed by atoms with Gasteiger partial charge >= 0.3 is 0 Å². The van der Waals surface area contributed by atoms with Crippen LogP contribution in [-0.4, -0.2) is 0 Å². The molecule has 0 amide bonds. The SMILES string of the molecule is CC(C)CC1CCCCC1CC1CCCCC1. The van der Waals surface area contributed by atoms with Crippen LogP contribution in [0, 0.1) is 23.7 Å². The largest absolute Gasteiger partial charge is 0.0628 e. The molecule has 0 radical (unpaired) electrons. The second kappa shape index (κ2) is 6.81. The molecule has 2 saturated carbocycles. The Hall–Kier alpha value is 0. The van der Waals surface area contributed by atoms with Crippen LogP contribution in [0.2, 0.25) is 0 Å². The van der Waals surface area contributed by atoms with Gasteiger partial charge in [-0.2, -0.15) is 0 Å². The molecule has 0 spiro atoms. The Bertz CT molecular complexity index is 200. The molecule has 0 N–H and O–H groups in total. The maximum atomic E-state index is 2.41. The highest BCUT2D eigenvalue weighted by Gasteiger charge is 2.28. The highest BCUT2D eigenvalue weighted by molar-refractivity contribution is 4.79. The van der Waals surface area contributed by atoms with Gasteiger partial charge in [0, 0.05) is 0 Å². The minimum absolute atomic E-state index is 0.909. The van der Waals surface area contributed by atoms with E-state index in [0.717, 1.165) is 23.7 Å². The molecule has 2 unspecified atom stereocenters. The average Bonchev–Trinajstić information content (AvgIpc) is 2.32. The zero-order chi connectivity index (χ0) is 12.1. The molecule has 0 aromatic carbocycles. The molecule has 0 aliphatic heterocycles. The van der Waals surface area contributed by atoms with Crippen molar-refractivity contribution in [3.05, 3.63) is 0 Å². The zero-order valence-corrected chi connectivity index (χ0v) is 12.1. The van der Waals surface area contributed by atoms with Crippen molar-refractivity contribution in [3.63, 3.8) is 0 Å². The van der Waals surface area contributed by atoms with Gasteiger partial charge in [-0.1, -0.05) is 71.6 Å². The first-order valence-corrected chi connectivity index (χ1v) is 8.25. The van der Waals surface area contributed by atoms with Crippen molar-refractivity contribution in [2.24, 2.45) is 23.7 Å². The standard InChI is InChI=1S/C17H32/c1-14(2)12-16-10-6-7-11-17(16)13-15-8-4-3-5-9-15/h14-17H,3-13H2,1-2H3. The summed E-state index contributed by atoms with van der Waals surface area (Å²) in [6.07, 6.45) is 16.8. The van der Waals surface area contributed by atoms with Gasteiger partial charge in [0.25, 0.3) is 0 Å². The molecule has 0 bridgehead atoms. The number of rotatable bonds is 4. The van der Waals surface area contributed by atoms with Crippen LogP contribution in [0.25, 0.3) is 0 Å². The lowest BCUT2D eigenvalue weighted by molar-refractivity contribution is 0.157. The topological polar surface area (TPSA) is 0 Å². The van der Waals surface area contributed by atoms with Gasteiger partial charge < -0.3 is 0 Å². The van der Waals surface area contributed by atoms with Crippen molar-refractivity contribution < 1.29 is 0 Å². The first kappa shape index (κ1) is 13.4. The third-order valence-corrected chi connectivity index (χ3v) is 5.20. The van der Waals surface area contributed by atoms with E-state index in [2.05, 4.69) is 13.8 Å². The predicted molar refractivity (Wildman–Crippen MR) is 76.1 cm³/mol. The molecule has 2 aliphatic carbocycles. The van der Waals surface area contributed by atoms with Crippen LogP contribution in [0.4, 0.5) is 0 Å². The van der Waals surface area contributed by atoms with E-state index in [4.69, 9.17) is 0 Å². The van der Waals surface area contributed by atoms with E-state index in [9.17, 15) is 0 Å². The van der Waals surface area contributed by atoms with E-state index in [1.54, 1.807) is 25.7 Å². The molecule has 2 fully saturated rings. The van der Waals surface area contributed by atoms with Crippen molar-refractivity contribution in [2.45, 2.75) is 84.5 Å². The number of hydrogen-bond donors (Lipinski definition) is 0. The summed E-state index contributed by atoms with van der Waals surface area (Å²) in [5, 5.41) is 0. The summed E-state index contributed by atoms with van der Waals surface area (Å²) in [6, 6.07) is 0. The minimum atomic E-state index is 0.909. The summed E-state index contributed by atoms with van der Waals surface area (Å²) in [6.45, 7) is 4.82. The Morgan fingerprint density at radius 2 is 1.35 bits per heavy atom. The van der Waals surface area contributed by atoms with Crippen LogP contribution in [0.15, 0.2) is 0 Å². The maximum Gasteiger partial charge on any atom is -0.0383 e. The Morgan fingerprint density at radius 1 is 0.765 bits per heavy atom. The normalized spacial score (nSPS) is 31.9. The van der Waals surface area contributed by atoms with Crippen LogP contribution in [0.5, 0.6) is 0 Å². The second-order valence-corrected chi connectivity index (χ2v) is 7.17. The molecular formula is C17H32. The van der Waals surface area contributed by atoms with Gasteiger partial charge in [0.05, 0.1) is 0 Å². The first-order chi connectivity index (χ1) is 8.25. The lowest BCUT2D eigenvalue weighted by atomic mass is 9.70. The summed E-state index contributed by atoms with van der Waals surface area (Å²) >= 11 is 0. The third-order valence-electron chi connectivity index (χ3n) is 5.20. The molecule has 0 nitrogen and oxygen atoms in total. The fraction of sp³-hybridized carbons (Fsp3) is 1.00. The van der Waals surface area contributed by atoms with Crippen LogP contribution < -0.4 is 0 Å². The number of hydrogen-bond acceptors (Lipinski definition) is 0. The van der Waals surface area contributed by atoms with Crippen LogP contribution in [-0.2, 0) is 0 Å². The molecule has 0 heterocycles. The zero-order valence-electron chi connectivity index (χ0n) is 12.1. The Kier molecular flexibility index (Phi) is 5.38. The Balaban J connectivity index is 1.82. The maximum absolute atomic E-state index is 2.41. The third kappa shape index (κ3) is 4.30. The van der Waals surface area contributed by atoms with Crippen molar-refractivity contribution in [2.75, 3.05) is 0 Å². The smallest absolute Gasteiger partial charge is 0.0383 e. The van der Waals surface area contributed by atoms with E-state index in [0.29, 0.717) is 0 Å². The van der Waals surface area contributed by atoms with Gasteiger partial charge in [0.15, 0.2) is 0 Å². The second-order valence-electron chi connectivity index (χ2n) is 7.17. The molecular weight excluding hydrogens is 204 g/mol. The summed E-state index contributed by atoms with van der Waals surface area (Å²) in [7, 11) is 0. The van der Waals surface area contributed by atoms with Crippen LogP contribution in [0.1, 0.15) is 84.5 Å². The fourth-order valence-corrected chi connectivity index (χ4v) is 4.36. The summed E-state index contributed by atoms with van der Waals surface area (Å²) in [5.41, 5.74) is 0.